The van der Waals surface area contributed by atoms with E-state index in [1.165, 1.54) is 18.4 Å². The molecule has 3 heterocycles. The fraction of sp³-hybridized carbons (Fsp3) is 0.613. The number of pyridine rings is 2. The van der Waals surface area contributed by atoms with E-state index in [2.05, 4.69) is 27.8 Å². The van der Waals surface area contributed by atoms with Crippen LogP contribution >= 0.6 is 0 Å². The van der Waals surface area contributed by atoms with Crippen LogP contribution in [0.1, 0.15) is 81.2 Å². The monoisotopic (exact) mass is 532 g/mol. The number of aliphatic carboxylic acids is 1. The number of nitrogens with zero attached hydrogens (tertiary/aromatic N) is 2. The normalized spacial score (nSPS) is 24.7. The van der Waals surface area contributed by atoms with Gasteiger partial charge in [-0.25, -0.2) is 9.78 Å². The number of carboxylic acid groups (broad SMARTS) is 1. The molecule has 1 spiro atoms. The van der Waals surface area contributed by atoms with E-state index >= 15 is 0 Å². The molecule has 3 aliphatic carbocycles. The Morgan fingerprint density at radius 2 is 2.00 bits per heavy atom. The van der Waals surface area contributed by atoms with Gasteiger partial charge in [0.1, 0.15) is 11.9 Å². The van der Waals surface area contributed by atoms with Crippen LogP contribution < -0.4 is 10.6 Å². The smallest absolute Gasteiger partial charge is 0.326 e. The first kappa shape index (κ1) is 26.2. The van der Waals surface area contributed by atoms with Crippen molar-refractivity contribution in [1.82, 2.24) is 15.3 Å². The number of ether oxygens (including phenoxy) is 1. The van der Waals surface area contributed by atoms with Gasteiger partial charge in [0.2, 0.25) is 5.91 Å². The van der Waals surface area contributed by atoms with E-state index in [-0.39, 0.29) is 23.8 Å². The lowest BCUT2D eigenvalue weighted by Crippen LogP contribution is -2.62. The van der Waals surface area contributed by atoms with Gasteiger partial charge in [0.15, 0.2) is 0 Å². The predicted molar refractivity (Wildman–Crippen MR) is 147 cm³/mol. The highest BCUT2D eigenvalue weighted by Gasteiger charge is 2.62. The number of aryl methyl sites for hydroxylation is 2. The van der Waals surface area contributed by atoms with E-state index in [9.17, 15) is 14.7 Å². The quantitative estimate of drug-likeness (QED) is 0.392. The number of carbonyl (C=O) groups excluding carboxylic acids is 1. The second-order valence-corrected chi connectivity index (χ2v) is 12.4. The van der Waals surface area contributed by atoms with Crippen molar-refractivity contribution in [1.29, 1.82) is 0 Å². The number of carboxylic acids is 1. The molecular formula is C31H40N4O4. The van der Waals surface area contributed by atoms with Gasteiger partial charge >= 0.3 is 5.97 Å². The molecule has 1 atom stereocenters. The van der Waals surface area contributed by atoms with Crippen molar-refractivity contribution in [3.63, 3.8) is 0 Å². The highest BCUT2D eigenvalue weighted by molar-refractivity contribution is 5.92. The first-order chi connectivity index (χ1) is 18.9. The zero-order valence-electron chi connectivity index (χ0n) is 22.7. The van der Waals surface area contributed by atoms with Crippen molar-refractivity contribution in [2.45, 2.75) is 94.6 Å². The predicted octanol–water partition coefficient (Wildman–Crippen LogP) is 4.42. The van der Waals surface area contributed by atoms with Crippen LogP contribution in [0, 0.1) is 11.3 Å². The molecule has 3 saturated carbocycles. The fourth-order valence-corrected chi connectivity index (χ4v) is 7.18. The Bertz CT molecular complexity index is 1180. The Morgan fingerprint density at radius 1 is 1.15 bits per heavy atom. The molecule has 1 amide bonds. The molecule has 8 nitrogen and oxygen atoms in total. The van der Waals surface area contributed by atoms with Gasteiger partial charge in [0.25, 0.3) is 0 Å². The Hall–Kier alpha value is -3.00. The third kappa shape index (κ3) is 5.40. The summed E-state index contributed by atoms with van der Waals surface area (Å²) in [6.45, 7) is 1.33. The molecule has 3 N–H and O–H groups in total. The number of carbonyl (C=O) groups is 2. The second kappa shape index (κ2) is 10.9. The Balaban J connectivity index is 0.950. The molecule has 0 unspecified atom stereocenters. The highest BCUT2D eigenvalue weighted by Crippen LogP contribution is 2.64. The maximum absolute atomic E-state index is 13.5. The summed E-state index contributed by atoms with van der Waals surface area (Å²) >= 11 is 0. The first-order valence-electron chi connectivity index (χ1n) is 14.7. The van der Waals surface area contributed by atoms with E-state index in [0.29, 0.717) is 12.5 Å². The van der Waals surface area contributed by atoms with E-state index in [0.717, 1.165) is 81.5 Å². The molecule has 6 rings (SSSR count). The molecule has 208 valence electrons. The van der Waals surface area contributed by atoms with E-state index in [1.807, 2.05) is 18.2 Å². The molecule has 0 saturated heterocycles. The second-order valence-electron chi connectivity index (χ2n) is 12.4. The van der Waals surface area contributed by atoms with E-state index < -0.39 is 17.4 Å². The van der Waals surface area contributed by atoms with Gasteiger partial charge < -0.3 is 20.5 Å². The van der Waals surface area contributed by atoms with Gasteiger partial charge in [0, 0.05) is 31.5 Å². The molecule has 3 fully saturated rings. The average Bonchev–Trinajstić information content (AvgIpc) is 2.87. The minimum absolute atomic E-state index is 0.170. The Morgan fingerprint density at radius 3 is 2.72 bits per heavy atom. The fourth-order valence-electron chi connectivity index (χ4n) is 7.18. The van der Waals surface area contributed by atoms with Crippen molar-refractivity contribution in [2.24, 2.45) is 11.3 Å². The molecule has 8 heteroatoms. The van der Waals surface area contributed by atoms with E-state index in [4.69, 9.17) is 9.72 Å². The number of rotatable bonds is 11. The average molecular weight is 533 g/mol. The lowest BCUT2D eigenvalue weighted by atomic mass is 9.44. The number of anilines is 1. The van der Waals surface area contributed by atoms with Crippen LogP contribution in [-0.2, 0) is 32.6 Å². The standard InChI is InChI=1S/C31H40N4O4/c36-28(37)25(35-29(38)31(26-6-1-2-14-32-26)19-30(20-31)12-4-13-30)11-16-39-24-17-21(18-24)7-9-23-10-8-22-5-3-15-33-27(22)34-23/h1-2,6,8,10,14,21,24-25H,3-5,7,9,11-13,15-20H2,(H,33,34)(H,35,38)(H,36,37)/t21?,24?,25-/m0/s1. The number of nitrogens with one attached hydrogen (secondary N) is 2. The number of hydrogen-bond acceptors (Lipinski definition) is 6. The van der Waals surface area contributed by atoms with Gasteiger partial charge in [-0.1, -0.05) is 18.6 Å². The number of hydrogen-bond donors (Lipinski definition) is 3. The minimum Gasteiger partial charge on any atom is -0.480 e. The maximum atomic E-state index is 13.5. The molecule has 2 aromatic rings. The molecule has 39 heavy (non-hydrogen) atoms. The number of fused-ring (bicyclic) bond motifs is 1. The first-order valence-corrected chi connectivity index (χ1v) is 14.7. The van der Waals surface area contributed by atoms with Crippen molar-refractivity contribution in [2.75, 3.05) is 18.5 Å². The summed E-state index contributed by atoms with van der Waals surface area (Å²) in [5.74, 6) is 0.450. The Labute approximate surface area is 230 Å². The summed E-state index contributed by atoms with van der Waals surface area (Å²) < 4.78 is 6.01. The maximum Gasteiger partial charge on any atom is 0.326 e. The lowest BCUT2D eigenvalue weighted by molar-refractivity contribution is -0.150. The summed E-state index contributed by atoms with van der Waals surface area (Å²) in [6, 6.07) is 9.05. The summed E-state index contributed by atoms with van der Waals surface area (Å²) in [4.78, 5) is 34.8. The lowest BCUT2D eigenvalue weighted by Gasteiger charge is -2.59. The van der Waals surface area contributed by atoms with Crippen LogP contribution in [0.15, 0.2) is 36.5 Å². The van der Waals surface area contributed by atoms with Gasteiger partial charge in [-0.15, -0.1) is 0 Å². The van der Waals surface area contributed by atoms with Crippen molar-refractivity contribution in [3.8, 4) is 0 Å². The van der Waals surface area contributed by atoms with Gasteiger partial charge in [-0.2, -0.15) is 0 Å². The SMILES string of the molecule is O=C(O)[C@H](CCOC1CC(CCc2ccc3c(n2)NCCC3)C1)NC(=O)C1(c2ccccn2)CC2(CCC2)C1. The number of aromatic nitrogens is 2. The third-order valence-electron chi connectivity index (χ3n) is 9.67. The summed E-state index contributed by atoms with van der Waals surface area (Å²) in [7, 11) is 0. The van der Waals surface area contributed by atoms with Gasteiger partial charge in [-0.3, -0.25) is 9.78 Å². The highest BCUT2D eigenvalue weighted by atomic mass is 16.5. The molecule has 2 aromatic heterocycles. The third-order valence-corrected chi connectivity index (χ3v) is 9.67. The molecule has 0 bridgehead atoms. The van der Waals surface area contributed by atoms with Crippen LogP contribution in [-0.4, -0.2) is 52.2 Å². The largest absolute Gasteiger partial charge is 0.480 e. The van der Waals surface area contributed by atoms with Crippen LogP contribution in [0.3, 0.4) is 0 Å². The molecular weight excluding hydrogens is 492 g/mol. The number of amides is 1. The van der Waals surface area contributed by atoms with Gasteiger partial charge in [-0.05, 0) is 99.3 Å². The summed E-state index contributed by atoms with van der Waals surface area (Å²) in [5, 5.41) is 16.1. The van der Waals surface area contributed by atoms with Gasteiger partial charge in [0.05, 0.1) is 17.2 Å². The summed E-state index contributed by atoms with van der Waals surface area (Å²) in [5.41, 5.74) is 2.73. The van der Waals surface area contributed by atoms with Crippen molar-refractivity contribution >= 4 is 17.7 Å². The van der Waals surface area contributed by atoms with Crippen LogP contribution in [0.5, 0.6) is 0 Å². The minimum atomic E-state index is -1.01. The topological polar surface area (TPSA) is 113 Å². The van der Waals surface area contributed by atoms with Crippen LogP contribution in [0.2, 0.25) is 0 Å². The molecule has 1 aliphatic heterocycles. The molecule has 4 aliphatic rings. The van der Waals surface area contributed by atoms with Crippen LogP contribution in [0.4, 0.5) is 5.82 Å². The van der Waals surface area contributed by atoms with E-state index in [1.54, 1.807) is 6.20 Å². The zero-order chi connectivity index (χ0) is 26.9. The summed E-state index contributed by atoms with van der Waals surface area (Å²) in [6.07, 6.45) is 13.5. The van der Waals surface area contributed by atoms with Crippen molar-refractivity contribution in [3.05, 3.63) is 53.5 Å². The van der Waals surface area contributed by atoms with Crippen molar-refractivity contribution < 1.29 is 19.4 Å². The Kier molecular flexibility index (Phi) is 7.31. The molecule has 0 radical (unpaired) electrons. The zero-order valence-corrected chi connectivity index (χ0v) is 22.7. The molecule has 0 aromatic carbocycles. The van der Waals surface area contributed by atoms with Crippen LogP contribution in [0.25, 0.3) is 0 Å².